The van der Waals surface area contributed by atoms with Crippen LogP contribution in [-0.4, -0.2) is 5.91 Å². The Labute approximate surface area is 148 Å². The minimum Gasteiger partial charge on any atom is -0.349 e. The zero-order valence-electron chi connectivity index (χ0n) is 15.4. The van der Waals surface area contributed by atoms with Gasteiger partial charge in [0.05, 0.1) is 11.6 Å². The fraction of sp³-hybridized carbons (Fsp3) is 0.650. The molecule has 0 heterocycles. The summed E-state index contributed by atoms with van der Waals surface area (Å²) < 4.78 is 38.4. The van der Waals surface area contributed by atoms with Gasteiger partial charge in [0.2, 0.25) is 5.91 Å². The molecule has 1 N–H and O–H groups in total. The topological polar surface area (TPSA) is 29.1 Å². The van der Waals surface area contributed by atoms with Crippen molar-refractivity contribution in [3.05, 3.63) is 35.4 Å². The van der Waals surface area contributed by atoms with Crippen LogP contribution in [0.4, 0.5) is 13.2 Å². The minimum atomic E-state index is -4.34. The quantitative estimate of drug-likeness (QED) is 0.693. The van der Waals surface area contributed by atoms with Gasteiger partial charge >= 0.3 is 6.18 Å². The number of carbonyl (C=O) groups excluding carboxylic acids is 1. The second-order valence-corrected chi connectivity index (χ2v) is 8.12. The van der Waals surface area contributed by atoms with Crippen LogP contribution in [0.5, 0.6) is 0 Å². The van der Waals surface area contributed by atoms with Crippen LogP contribution in [0.25, 0.3) is 0 Å². The predicted molar refractivity (Wildman–Crippen MR) is 92.9 cm³/mol. The van der Waals surface area contributed by atoms with Crippen LogP contribution < -0.4 is 5.32 Å². The van der Waals surface area contributed by atoms with Gasteiger partial charge in [0.1, 0.15) is 0 Å². The van der Waals surface area contributed by atoms with Gasteiger partial charge in [-0.2, -0.15) is 13.2 Å². The van der Waals surface area contributed by atoms with E-state index in [4.69, 9.17) is 0 Å². The van der Waals surface area contributed by atoms with E-state index in [1.165, 1.54) is 12.1 Å². The fourth-order valence-electron chi connectivity index (χ4n) is 3.15. The van der Waals surface area contributed by atoms with Gasteiger partial charge in [-0.05, 0) is 36.0 Å². The van der Waals surface area contributed by atoms with Crippen LogP contribution >= 0.6 is 0 Å². The Balaban J connectivity index is 2.18. The van der Waals surface area contributed by atoms with E-state index < -0.39 is 17.2 Å². The van der Waals surface area contributed by atoms with E-state index in [1.807, 2.05) is 20.8 Å². The third kappa shape index (κ3) is 5.23. The van der Waals surface area contributed by atoms with Gasteiger partial charge in [0.25, 0.3) is 0 Å². The molecule has 2 rings (SSSR count). The van der Waals surface area contributed by atoms with Crippen molar-refractivity contribution in [1.82, 2.24) is 5.32 Å². The third-order valence-corrected chi connectivity index (χ3v) is 4.90. The number of amides is 1. The van der Waals surface area contributed by atoms with Gasteiger partial charge in [-0.1, -0.05) is 59.1 Å². The van der Waals surface area contributed by atoms with Gasteiger partial charge in [0, 0.05) is 5.41 Å². The number of benzene rings is 1. The van der Waals surface area contributed by atoms with Crippen molar-refractivity contribution in [2.75, 3.05) is 0 Å². The Kier molecular flexibility index (Phi) is 5.85. The average Bonchev–Trinajstić information content (AvgIpc) is 3.28. The van der Waals surface area contributed by atoms with E-state index in [0.717, 1.165) is 43.4 Å². The second kappa shape index (κ2) is 7.38. The van der Waals surface area contributed by atoms with Crippen molar-refractivity contribution in [3.8, 4) is 0 Å². The number of nitrogens with one attached hydrogen (secondary N) is 1. The molecule has 1 aromatic carbocycles. The zero-order valence-corrected chi connectivity index (χ0v) is 15.4. The molecule has 1 amide bonds. The van der Waals surface area contributed by atoms with Gasteiger partial charge in [-0.15, -0.1) is 0 Å². The molecule has 1 aromatic rings. The smallest absolute Gasteiger partial charge is 0.349 e. The summed E-state index contributed by atoms with van der Waals surface area (Å²) in [4.78, 5) is 12.4. The van der Waals surface area contributed by atoms with Crippen LogP contribution in [0.15, 0.2) is 24.3 Å². The van der Waals surface area contributed by atoms with E-state index in [1.54, 1.807) is 0 Å². The molecule has 1 saturated carbocycles. The average molecular weight is 355 g/mol. The summed E-state index contributed by atoms with van der Waals surface area (Å²) in [5.74, 6) is 0.792. The summed E-state index contributed by atoms with van der Waals surface area (Å²) in [6, 6.07) is 5.01. The van der Waals surface area contributed by atoms with Gasteiger partial charge < -0.3 is 5.32 Å². The first-order valence-corrected chi connectivity index (χ1v) is 9.02. The maximum Gasteiger partial charge on any atom is 0.416 e. The normalized spacial score (nSPS) is 21.7. The zero-order chi connectivity index (χ0) is 18.8. The Bertz CT molecular complexity index is 586. The highest BCUT2D eigenvalue weighted by molar-refractivity contribution is 5.81. The molecule has 0 spiro atoms. The molecule has 0 unspecified atom stereocenters. The molecule has 0 saturated heterocycles. The molecule has 0 bridgehead atoms. The van der Waals surface area contributed by atoms with Crippen molar-refractivity contribution in [3.63, 3.8) is 0 Å². The molecule has 25 heavy (non-hydrogen) atoms. The number of hydrogen-bond acceptors (Lipinski definition) is 1. The van der Waals surface area contributed by atoms with Crippen molar-refractivity contribution in [2.45, 2.75) is 65.6 Å². The lowest BCUT2D eigenvalue weighted by Gasteiger charge is -2.25. The van der Waals surface area contributed by atoms with Gasteiger partial charge in [-0.3, -0.25) is 4.79 Å². The van der Waals surface area contributed by atoms with Crippen LogP contribution in [-0.2, 0) is 11.0 Å². The lowest BCUT2D eigenvalue weighted by Crippen LogP contribution is -2.38. The van der Waals surface area contributed by atoms with E-state index >= 15 is 0 Å². The van der Waals surface area contributed by atoms with Crippen LogP contribution in [0.2, 0.25) is 0 Å². The monoisotopic (exact) mass is 355 g/mol. The minimum absolute atomic E-state index is 0.0708. The Morgan fingerprint density at radius 3 is 2.28 bits per heavy atom. The number of halogens is 3. The molecule has 2 nitrogen and oxygen atoms in total. The third-order valence-electron chi connectivity index (χ3n) is 4.90. The molecule has 1 fully saturated rings. The van der Waals surface area contributed by atoms with Crippen LogP contribution in [0.3, 0.4) is 0 Å². The summed E-state index contributed by atoms with van der Waals surface area (Å²) in [6.45, 7) is 7.67. The SMILES string of the molecule is CCCC[C@@H]1C[C@H]1[C@@H](NC(=O)C(C)(C)C)c1ccc(C(F)(F)F)cc1. The Morgan fingerprint density at radius 2 is 1.80 bits per heavy atom. The molecule has 140 valence electrons. The second-order valence-electron chi connectivity index (χ2n) is 8.12. The Morgan fingerprint density at radius 1 is 1.20 bits per heavy atom. The van der Waals surface area contributed by atoms with Crippen molar-refractivity contribution < 1.29 is 18.0 Å². The lowest BCUT2D eigenvalue weighted by molar-refractivity contribution is -0.137. The van der Waals surface area contributed by atoms with E-state index in [9.17, 15) is 18.0 Å². The number of hydrogen-bond donors (Lipinski definition) is 1. The van der Waals surface area contributed by atoms with Crippen molar-refractivity contribution in [2.24, 2.45) is 17.3 Å². The summed E-state index contributed by atoms with van der Waals surface area (Å²) in [5, 5.41) is 3.08. The van der Waals surface area contributed by atoms with Crippen LogP contribution in [0, 0.1) is 17.3 Å². The molecular weight excluding hydrogens is 327 g/mol. The number of alkyl halides is 3. The van der Waals surface area contributed by atoms with Crippen molar-refractivity contribution in [1.29, 1.82) is 0 Å². The van der Waals surface area contributed by atoms with Crippen LogP contribution in [0.1, 0.15) is 70.5 Å². The summed E-state index contributed by atoms with van der Waals surface area (Å²) in [6.07, 6.45) is 0.0718. The molecule has 0 aromatic heterocycles. The molecular formula is C20H28F3NO. The summed E-state index contributed by atoms with van der Waals surface area (Å²) >= 11 is 0. The summed E-state index contributed by atoms with van der Waals surface area (Å²) in [5.41, 5.74) is -0.428. The van der Waals surface area contributed by atoms with Gasteiger partial charge in [0.15, 0.2) is 0 Å². The number of carbonyl (C=O) groups is 1. The molecule has 0 radical (unpaired) electrons. The predicted octanol–water partition coefficient (Wildman–Crippen LogP) is 5.74. The van der Waals surface area contributed by atoms with Crippen molar-refractivity contribution >= 4 is 5.91 Å². The standard InChI is InChI=1S/C20H28F3NO/c1-5-6-7-14-12-16(14)17(24-18(25)19(2,3)4)13-8-10-15(11-9-13)20(21,22)23/h8-11,14,16-17H,5-7,12H2,1-4H3,(H,24,25)/t14-,16-,17+/m1/s1. The van der Waals surface area contributed by atoms with E-state index in [0.29, 0.717) is 11.8 Å². The van der Waals surface area contributed by atoms with Gasteiger partial charge in [-0.25, -0.2) is 0 Å². The van der Waals surface area contributed by atoms with E-state index in [-0.39, 0.29) is 11.9 Å². The maximum absolute atomic E-state index is 12.8. The highest BCUT2D eigenvalue weighted by Gasteiger charge is 2.44. The highest BCUT2D eigenvalue weighted by atomic mass is 19.4. The number of rotatable bonds is 6. The molecule has 1 aliphatic rings. The fourth-order valence-corrected chi connectivity index (χ4v) is 3.15. The molecule has 3 atom stereocenters. The largest absolute Gasteiger partial charge is 0.416 e. The first-order valence-electron chi connectivity index (χ1n) is 9.02. The highest BCUT2D eigenvalue weighted by Crippen LogP contribution is 2.50. The Hall–Kier alpha value is -1.52. The molecule has 1 aliphatic carbocycles. The first-order chi connectivity index (χ1) is 11.5. The number of unbranched alkanes of at least 4 members (excludes halogenated alkanes) is 1. The summed E-state index contributed by atoms with van der Waals surface area (Å²) in [7, 11) is 0. The first kappa shape index (κ1) is 19.8. The maximum atomic E-state index is 12.8. The molecule has 5 heteroatoms. The van der Waals surface area contributed by atoms with E-state index in [2.05, 4.69) is 12.2 Å². The molecule has 0 aliphatic heterocycles. The lowest BCUT2D eigenvalue weighted by atomic mass is 9.92.